The first-order valence-electron chi connectivity index (χ1n) is 7.52. The van der Waals surface area contributed by atoms with Crippen LogP contribution in [0.25, 0.3) is 0 Å². The molecule has 2 aromatic carbocycles. The lowest BCUT2D eigenvalue weighted by atomic mass is 10.1. The largest absolute Gasteiger partial charge is 0.346 e. The second-order valence-corrected chi connectivity index (χ2v) is 8.33. The molecule has 0 aromatic heterocycles. The van der Waals surface area contributed by atoms with Crippen LogP contribution in [0.5, 0.6) is 0 Å². The minimum Gasteiger partial charge on any atom is -0.346 e. The average molecular weight is 403 g/mol. The summed E-state index contributed by atoms with van der Waals surface area (Å²) in [6.07, 6.45) is 0. The zero-order chi connectivity index (χ0) is 19.6. The van der Waals surface area contributed by atoms with Crippen LogP contribution in [0.2, 0.25) is 5.02 Å². The molecule has 2 aromatic rings. The summed E-state index contributed by atoms with van der Waals surface area (Å²) in [5, 5.41) is 2.60. The van der Waals surface area contributed by atoms with Crippen LogP contribution in [0.4, 0.5) is 8.78 Å². The van der Waals surface area contributed by atoms with Crippen molar-refractivity contribution in [3.8, 4) is 0 Å². The molecule has 1 atom stereocenters. The summed E-state index contributed by atoms with van der Waals surface area (Å²) in [6.45, 7) is 1.60. The molecule has 1 N–H and O–H groups in total. The van der Waals surface area contributed by atoms with E-state index >= 15 is 0 Å². The molecule has 0 saturated heterocycles. The van der Waals surface area contributed by atoms with Gasteiger partial charge in [0.05, 0.1) is 11.1 Å². The molecule has 0 heterocycles. The minimum atomic E-state index is -3.82. The predicted molar refractivity (Wildman–Crippen MR) is 94.6 cm³/mol. The highest BCUT2D eigenvalue weighted by molar-refractivity contribution is 7.89. The minimum absolute atomic E-state index is 0.0103. The quantitative estimate of drug-likeness (QED) is 0.833. The van der Waals surface area contributed by atoms with Gasteiger partial charge in [0.25, 0.3) is 5.91 Å². The summed E-state index contributed by atoms with van der Waals surface area (Å²) in [5.41, 5.74) is 0.441. The Bertz CT molecular complexity index is 949. The van der Waals surface area contributed by atoms with Gasteiger partial charge in [-0.2, -0.15) is 0 Å². The van der Waals surface area contributed by atoms with E-state index in [1.807, 2.05) is 0 Å². The van der Waals surface area contributed by atoms with Gasteiger partial charge in [0, 0.05) is 19.7 Å². The number of nitrogens with zero attached hydrogens (tertiary/aromatic N) is 1. The third-order valence-electron chi connectivity index (χ3n) is 3.74. The van der Waals surface area contributed by atoms with Crippen molar-refractivity contribution in [1.82, 2.24) is 9.62 Å². The molecule has 0 aliphatic heterocycles. The van der Waals surface area contributed by atoms with Gasteiger partial charge in [0.1, 0.15) is 4.90 Å². The van der Waals surface area contributed by atoms with Crippen molar-refractivity contribution in [3.63, 3.8) is 0 Å². The Kier molecular flexibility index (Phi) is 6.00. The Labute approximate surface area is 155 Å². The molecular weight excluding hydrogens is 386 g/mol. The zero-order valence-corrected chi connectivity index (χ0v) is 15.8. The summed E-state index contributed by atoms with van der Waals surface area (Å²) in [5.74, 6) is -2.58. The molecular formula is C17H17ClF2N2O3S. The van der Waals surface area contributed by atoms with Gasteiger partial charge in [-0.3, -0.25) is 4.79 Å². The average Bonchev–Trinajstić information content (AvgIpc) is 2.57. The van der Waals surface area contributed by atoms with Gasteiger partial charge in [-0.25, -0.2) is 21.5 Å². The summed E-state index contributed by atoms with van der Waals surface area (Å²) in [7, 11) is -1.12. The third kappa shape index (κ3) is 4.20. The highest BCUT2D eigenvalue weighted by Gasteiger charge is 2.23. The summed E-state index contributed by atoms with van der Waals surface area (Å²) in [6, 6.07) is 6.56. The number of hydrogen-bond acceptors (Lipinski definition) is 3. The van der Waals surface area contributed by atoms with Crippen molar-refractivity contribution in [3.05, 3.63) is 64.2 Å². The SMILES string of the molecule is C[C@@H](NC(=O)c1ccc(Cl)c(S(=O)(=O)N(C)C)c1)c1ccc(F)c(F)c1. The van der Waals surface area contributed by atoms with Gasteiger partial charge in [0.15, 0.2) is 11.6 Å². The maximum atomic E-state index is 13.3. The van der Waals surface area contributed by atoms with Crippen LogP contribution in [0.1, 0.15) is 28.9 Å². The molecule has 0 bridgehead atoms. The molecule has 9 heteroatoms. The van der Waals surface area contributed by atoms with E-state index in [0.29, 0.717) is 5.56 Å². The van der Waals surface area contributed by atoms with Crippen LogP contribution in [0.3, 0.4) is 0 Å². The normalized spacial score (nSPS) is 12.9. The monoisotopic (exact) mass is 402 g/mol. The molecule has 0 aliphatic carbocycles. The first-order chi connectivity index (χ1) is 12.0. The molecule has 0 radical (unpaired) electrons. The van der Waals surface area contributed by atoms with Crippen molar-refractivity contribution in [2.24, 2.45) is 0 Å². The standard InChI is InChI=1S/C17H17ClF2N2O3S/c1-10(11-5-7-14(19)15(20)8-11)21-17(23)12-4-6-13(18)16(9-12)26(24,25)22(2)3/h4-10H,1-3H3,(H,21,23)/t10-/m1/s1. The summed E-state index contributed by atoms with van der Waals surface area (Å²) >= 11 is 5.95. The molecule has 2 rings (SSSR count). The third-order valence-corrected chi connectivity index (χ3v) is 6.04. The van der Waals surface area contributed by atoms with E-state index in [1.165, 1.54) is 38.4 Å². The van der Waals surface area contributed by atoms with Gasteiger partial charge in [-0.1, -0.05) is 17.7 Å². The number of nitrogens with one attached hydrogen (secondary N) is 1. The van der Waals surface area contributed by atoms with Gasteiger partial charge in [-0.05, 0) is 42.8 Å². The first-order valence-corrected chi connectivity index (χ1v) is 9.33. The van der Waals surface area contributed by atoms with Crippen LogP contribution in [-0.4, -0.2) is 32.7 Å². The lowest BCUT2D eigenvalue weighted by Gasteiger charge is -2.16. The molecule has 1 amide bonds. The zero-order valence-electron chi connectivity index (χ0n) is 14.3. The van der Waals surface area contributed by atoms with Crippen molar-refractivity contribution in [2.45, 2.75) is 17.9 Å². The number of carbonyl (C=O) groups is 1. The molecule has 0 saturated carbocycles. The van der Waals surface area contributed by atoms with Crippen LogP contribution in [0, 0.1) is 11.6 Å². The van der Waals surface area contributed by atoms with Crippen LogP contribution in [0.15, 0.2) is 41.3 Å². The predicted octanol–water partition coefficient (Wildman–Crippen LogP) is 3.36. The Morgan fingerprint density at radius 2 is 1.77 bits per heavy atom. The smallest absolute Gasteiger partial charge is 0.251 e. The molecule has 0 aliphatic rings. The van der Waals surface area contributed by atoms with Crippen molar-refractivity contribution in [2.75, 3.05) is 14.1 Å². The highest BCUT2D eigenvalue weighted by atomic mass is 35.5. The van der Waals surface area contributed by atoms with E-state index in [-0.39, 0.29) is 15.5 Å². The van der Waals surface area contributed by atoms with Gasteiger partial charge >= 0.3 is 0 Å². The Balaban J connectivity index is 2.28. The number of halogens is 3. The van der Waals surface area contributed by atoms with Crippen LogP contribution < -0.4 is 5.32 Å². The molecule has 140 valence electrons. The van der Waals surface area contributed by atoms with E-state index in [2.05, 4.69) is 5.32 Å². The van der Waals surface area contributed by atoms with E-state index in [4.69, 9.17) is 11.6 Å². The summed E-state index contributed by atoms with van der Waals surface area (Å²) in [4.78, 5) is 12.2. The first kappa shape index (κ1) is 20.3. The molecule has 5 nitrogen and oxygen atoms in total. The Morgan fingerprint density at radius 3 is 2.35 bits per heavy atom. The maximum absolute atomic E-state index is 13.3. The van der Waals surface area contributed by atoms with Gasteiger partial charge in [-0.15, -0.1) is 0 Å². The maximum Gasteiger partial charge on any atom is 0.251 e. The Morgan fingerprint density at radius 1 is 1.12 bits per heavy atom. The van der Waals surface area contributed by atoms with E-state index in [1.54, 1.807) is 6.92 Å². The van der Waals surface area contributed by atoms with Gasteiger partial charge < -0.3 is 5.32 Å². The van der Waals surface area contributed by atoms with Crippen molar-refractivity contribution in [1.29, 1.82) is 0 Å². The van der Waals surface area contributed by atoms with Crippen LogP contribution in [-0.2, 0) is 10.0 Å². The highest BCUT2D eigenvalue weighted by Crippen LogP contribution is 2.25. The van der Waals surface area contributed by atoms with Crippen molar-refractivity contribution >= 4 is 27.5 Å². The fourth-order valence-electron chi connectivity index (χ4n) is 2.18. The number of rotatable bonds is 5. The topological polar surface area (TPSA) is 66.5 Å². The molecule has 0 spiro atoms. The Hall–Kier alpha value is -2.03. The summed E-state index contributed by atoms with van der Waals surface area (Å²) < 4.78 is 51.9. The number of hydrogen-bond donors (Lipinski definition) is 1. The fourth-order valence-corrected chi connectivity index (χ4v) is 3.58. The second kappa shape index (κ2) is 7.69. The number of benzene rings is 2. The molecule has 0 unspecified atom stereocenters. The van der Waals surface area contributed by atoms with E-state index in [0.717, 1.165) is 16.4 Å². The van der Waals surface area contributed by atoms with Crippen LogP contribution >= 0.6 is 11.6 Å². The fraction of sp³-hybridized carbons (Fsp3) is 0.235. The number of carbonyl (C=O) groups excluding carboxylic acids is 1. The lowest BCUT2D eigenvalue weighted by molar-refractivity contribution is 0.0939. The lowest BCUT2D eigenvalue weighted by Crippen LogP contribution is -2.27. The van der Waals surface area contributed by atoms with E-state index < -0.39 is 33.6 Å². The second-order valence-electron chi connectivity index (χ2n) is 5.80. The number of sulfonamides is 1. The molecule has 0 fully saturated rings. The number of amides is 1. The molecule has 26 heavy (non-hydrogen) atoms. The van der Waals surface area contributed by atoms with E-state index in [9.17, 15) is 22.0 Å². The van der Waals surface area contributed by atoms with Gasteiger partial charge in [0.2, 0.25) is 10.0 Å². The van der Waals surface area contributed by atoms with Crippen molar-refractivity contribution < 1.29 is 22.0 Å².